The second-order valence-corrected chi connectivity index (χ2v) is 6.82. The third-order valence-electron chi connectivity index (χ3n) is 4.27. The average Bonchev–Trinajstić information content (AvgIpc) is 2.70. The lowest BCUT2D eigenvalue weighted by Gasteiger charge is -2.19. The largest absolute Gasteiger partial charge is 0.378 e. The molecule has 2 N–H and O–H groups in total. The lowest BCUT2D eigenvalue weighted by Crippen LogP contribution is -2.39. The quantitative estimate of drug-likeness (QED) is 0.300. The molecule has 0 bridgehead atoms. The van der Waals surface area contributed by atoms with Crippen molar-refractivity contribution in [2.75, 3.05) is 66.4 Å². The van der Waals surface area contributed by atoms with Gasteiger partial charge in [0.15, 0.2) is 0 Å². The molecule has 0 aliphatic carbocycles. The van der Waals surface area contributed by atoms with Gasteiger partial charge in [-0.3, -0.25) is 4.79 Å². The van der Waals surface area contributed by atoms with E-state index in [1.807, 2.05) is 14.0 Å². The fourth-order valence-electron chi connectivity index (χ4n) is 2.29. The molecule has 0 rings (SSSR count). The van der Waals surface area contributed by atoms with Gasteiger partial charge in [-0.1, -0.05) is 26.7 Å². The molecule has 0 aliphatic rings. The van der Waals surface area contributed by atoms with Gasteiger partial charge in [-0.15, -0.1) is 0 Å². The molecule has 28 heavy (non-hydrogen) atoms. The van der Waals surface area contributed by atoms with E-state index < -0.39 is 12.3 Å². The van der Waals surface area contributed by atoms with Gasteiger partial charge in [-0.25, -0.2) is 4.39 Å². The van der Waals surface area contributed by atoms with E-state index in [-0.39, 0.29) is 18.4 Å². The Kier molecular flexibility index (Phi) is 19.0. The van der Waals surface area contributed by atoms with Crippen molar-refractivity contribution in [3.63, 3.8) is 0 Å². The molecule has 0 fully saturated rings. The van der Waals surface area contributed by atoms with Crippen LogP contribution in [0.4, 0.5) is 4.39 Å². The molecule has 0 aliphatic heterocycles. The van der Waals surface area contributed by atoms with Crippen molar-refractivity contribution in [3.8, 4) is 0 Å². The first-order valence-corrected chi connectivity index (χ1v) is 10.4. The minimum absolute atomic E-state index is 0.0262. The van der Waals surface area contributed by atoms with Crippen LogP contribution in [0, 0.1) is 5.92 Å². The van der Waals surface area contributed by atoms with Gasteiger partial charge in [0, 0.05) is 12.5 Å². The van der Waals surface area contributed by atoms with E-state index in [2.05, 4.69) is 17.6 Å². The summed E-state index contributed by atoms with van der Waals surface area (Å²) in [6.07, 6.45) is 1.04. The number of carbonyl (C=O) groups excluding carboxylic acids is 1. The molecule has 0 aromatic heterocycles. The number of ether oxygens (including phenoxy) is 4. The highest BCUT2D eigenvalue weighted by molar-refractivity contribution is 5.78. The van der Waals surface area contributed by atoms with E-state index in [4.69, 9.17) is 18.9 Å². The van der Waals surface area contributed by atoms with Gasteiger partial charge in [0.2, 0.25) is 5.91 Å². The van der Waals surface area contributed by atoms with Crippen molar-refractivity contribution in [2.45, 2.75) is 52.3 Å². The van der Waals surface area contributed by atoms with Crippen LogP contribution in [-0.2, 0) is 23.7 Å². The molecule has 0 heterocycles. The van der Waals surface area contributed by atoms with Gasteiger partial charge in [0.25, 0.3) is 0 Å². The zero-order valence-corrected chi connectivity index (χ0v) is 18.1. The van der Waals surface area contributed by atoms with Crippen LogP contribution in [0.5, 0.6) is 0 Å². The van der Waals surface area contributed by atoms with Crippen LogP contribution in [0.1, 0.15) is 40.0 Å². The molecule has 0 aromatic rings. The molecule has 168 valence electrons. The predicted octanol–water partition coefficient (Wildman–Crippen LogP) is 1.94. The Labute approximate surface area is 170 Å². The smallest absolute Gasteiger partial charge is 0.222 e. The highest BCUT2D eigenvalue weighted by Crippen LogP contribution is 2.08. The van der Waals surface area contributed by atoms with Crippen LogP contribution in [0.2, 0.25) is 0 Å². The summed E-state index contributed by atoms with van der Waals surface area (Å²) in [5, 5.41) is 5.66. The SMILES string of the molecule is CCCCC(C)C(=O)NCC(F)C(C)OCCOCCOCCOCCNC. The number of nitrogens with one attached hydrogen (secondary N) is 2. The minimum Gasteiger partial charge on any atom is -0.378 e. The van der Waals surface area contributed by atoms with Crippen molar-refractivity contribution in [1.82, 2.24) is 10.6 Å². The maximum Gasteiger partial charge on any atom is 0.222 e. The normalized spacial score (nSPS) is 14.6. The van der Waals surface area contributed by atoms with Crippen LogP contribution in [0.25, 0.3) is 0 Å². The van der Waals surface area contributed by atoms with Crippen molar-refractivity contribution in [3.05, 3.63) is 0 Å². The standard InChI is InChI=1S/C20H41FN2O5/c1-5-6-7-17(2)20(24)23-16-19(21)18(3)28-15-14-27-13-12-26-11-10-25-9-8-22-4/h17-19,22H,5-16H2,1-4H3,(H,23,24). The summed E-state index contributed by atoms with van der Waals surface area (Å²) >= 11 is 0. The molecule has 3 unspecified atom stereocenters. The van der Waals surface area contributed by atoms with E-state index in [0.29, 0.717) is 46.2 Å². The summed E-state index contributed by atoms with van der Waals surface area (Å²) in [5.41, 5.74) is 0. The number of unbranched alkanes of at least 4 members (excludes halogenated alkanes) is 1. The van der Waals surface area contributed by atoms with Crippen LogP contribution < -0.4 is 10.6 Å². The topological polar surface area (TPSA) is 78.1 Å². The Bertz CT molecular complexity index is 363. The molecule has 7 nitrogen and oxygen atoms in total. The van der Waals surface area contributed by atoms with Crippen molar-refractivity contribution in [2.24, 2.45) is 5.92 Å². The molecule has 0 saturated heterocycles. The Hall–Kier alpha value is -0.800. The summed E-state index contributed by atoms with van der Waals surface area (Å²) < 4.78 is 35.6. The molecule has 0 radical (unpaired) electrons. The second kappa shape index (κ2) is 19.5. The lowest BCUT2D eigenvalue weighted by molar-refractivity contribution is -0.125. The van der Waals surface area contributed by atoms with Gasteiger partial charge < -0.3 is 29.6 Å². The van der Waals surface area contributed by atoms with Gasteiger partial charge in [-0.05, 0) is 20.4 Å². The van der Waals surface area contributed by atoms with E-state index in [0.717, 1.165) is 25.8 Å². The maximum absolute atomic E-state index is 14.1. The van der Waals surface area contributed by atoms with Crippen LogP contribution in [-0.4, -0.2) is 84.6 Å². The van der Waals surface area contributed by atoms with Crippen molar-refractivity contribution >= 4 is 5.91 Å². The summed E-state index contributed by atoms with van der Waals surface area (Å²) in [5.74, 6) is -0.182. The van der Waals surface area contributed by atoms with E-state index in [9.17, 15) is 9.18 Å². The molecule has 1 amide bonds. The highest BCUT2D eigenvalue weighted by Gasteiger charge is 2.19. The van der Waals surface area contributed by atoms with Gasteiger partial charge in [0.05, 0.1) is 58.9 Å². The number of halogens is 1. The molecule has 0 spiro atoms. The third kappa shape index (κ3) is 16.2. The van der Waals surface area contributed by atoms with E-state index in [1.54, 1.807) is 6.92 Å². The number of hydrogen-bond acceptors (Lipinski definition) is 6. The fourth-order valence-corrected chi connectivity index (χ4v) is 2.29. The molecular formula is C20H41FN2O5. The summed E-state index contributed by atoms with van der Waals surface area (Å²) in [4.78, 5) is 11.9. The van der Waals surface area contributed by atoms with Crippen LogP contribution in [0.15, 0.2) is 0 Å². The zero-order chi connectivity index (χ0) is 21.0. The molecular weight excluding hydrogens is 367 g/mol. The Morgan fingerprint density at radius 3 is 2.11 bits per heavy atom. The number of rotatable bonds is 20. The van der Waals surface area contributed by atoms with Gasteiger partial charge in [0.1, 0.15) is 6.17 Å². The number of amides is 1. The first kappa shape index (κ1) is 27.2. The van der Waals surface area contributed by atoms with Crippen LogP contribution in [0.3, 0.4) is 0 Å². The number of likely N-dealkylation sites (N-methyl/N-ethyl adjacent to an activating group) is 1. The Balaban J connectivity index is 3.52. The molecule has 8 heteroatoms. The van der Waals surface area contributed by atoms with Crippen molar-refractivity contribution in [1.29, 1.82) is 0 Å². The second-order valence-electron chi connectivity index (χ2n) is 6.82. The summed E-state index contributed by atoms with van der Waals surface area (Å²) in [6.45, 7) is 9.80. The monoisotopic (exact) mass is 408 g/mol. The summed E-state index contributed by atoms with van der Waals surface area (Å²) in [7, 11) is 1.88. The van der Waals surface area contributed by atoms with Gasteiger partial charge >= 0.3 is 0 Å². The first-order valence-electron chi connectivity index (χ1n) is 10.4. The fraction of sp³-hybridized carbons (Fsp3) is 0.950. The van der Waals surface area contributed by atoms with E-state index in [1.165, 1.54) is 0 Å². The highest BCUT2D eigenvalue weighted by atomic mass is 19.1. The summed E-state index contributed by atoms with van der Waals surface area (Å²) in [6, 6.07) is 0. The van der Waals surface area contributed by atoms with Crippen LogP contribution >= 0.6 is 0 Å². The minimum atomic E-state index is -1.24. The predicted molar refractivity (Wildman–Crippen MR) is 108 cm³/mol. The molecule has 0 aromatic carbocycles. The number of alkyl halides is 1. The zero-order valence-electron chi connectivity index (χ0n) is 18.1. The van der Waals surface area contributed by atoms with Gasteiger partial charge in [-0.2, -0.15) is 0 Å². The van der Waals surface area contributed by atoms with E-state index >= 15 is 0 Å². The lowest BCUT2D eigenvalue weighted by atomic mass is 10.0. The van der Waals surface area contributed by atoms with Crippen molar-refractivity contribution < 1.29 is 28.1 Å². The Morgan fingerprint density at radius 2 is 1.54 bits per heavy atom. The number of carbonyl (C=O) groups is 1. The molecule has 3 atom stereocenters. The Morgan fingerprint density at radius 1 is 0.964 bits per heavy atom. The number of hydrogen-bond donors (Lipinski definition) is 2. The first-order chi connectivity index (χ1) is 13.5. The third-order valence-corrected chi connectivity index (χ3v) is 4.27. The molecule has 0 saturated carbocycles. The average molecular weight is 409 g/mol. The maximum atomic E-state index is 14.1.